The van der Waals surface area contributed by atoms with Crippen LogP contribution in [0.5, 0.6) is 0 Å². The molecular formula is C20H26O2. The van der Waals surface area contributed by atoms with E-state index in [2.05, 4.69) is 12.8 Å². The van der Waals surface area contributed by atoms with E-state index in [1.54, 1.807) is 0 Å². The first-order valence-corrected chi connectivity index (χ1v) is 8.92. The predicted octanol–water partition coefficient (Wildman–Crippen LogP) is 3.49. The minimum absolute atomic E-state index is 0.103. The summed E-state index contributed by atoms with van der Waals surface area (Å²) in [5, 5.41) is 10.9. The topological polar surface area (TPSA) is 37.3 Å². The molecule has 22 heavy (non-hydrogen) atoms. The Labute approximate surface area is 133 Å². The molecule has 0 amide bonds. The van der Waals surface area contributed by atoms with Crippen molar-refractivity contribution < 1.29 is 9.90 Å². The van der Waals surface area contributed by atoms with Gasteiger partial charge in [-0.15, -0.1) is 6.42 Å². The SMILES string of the molecule is C#C[C@]1(O)CC[C@H]2[C@@H]3CCC4=CC(=O)CC[C@H]4[C@@H]3CC[C@@]21C. The third-order valence-corrected chi connectivity index (χ3v) is 7.69. The second kappa shape index (κ2) is 4.71. The number of aliphatic hydroxyl groups is 1. The van der Waals surface area contributed by atoms with Crippen molar-refractivity contribution in [2.75, 3.05) is 0 Å². The Kier molecular flexibility index (Phi) is 3.11. The number of carbonyl (C=O) groups excluding carboxylic acids is 1. The van der Waals surface area contributed by atoms with Crippen LogP contribution in [0.1, 0.15) is 58.3 Å². The molecule has 0 aromatic heterocycles. The van der Waals surface area contributed by atoms with E-state index in [1.165, 1.54) is 12.0 Å². The lowest BCUT2D eigenvalue weighted by atomic mass is 9.50. The van der Waals surface area contributed by atoms with E-state index < -0.39 is 5.60 Å². The summed E-state index contributed by atoms with van der Waals surface area (Å²) in [7, 11) is 0. The molecule has 0 aromatic rings. The molecular weight excluding hydrogens is 272 g/mol. The Hall–Kier alpha value is -1.07. The second-order valence-corrected chi connectivity index (χ2v) is 8.30. The van der Waals surface area contributed by atoms with E-state index >= 15 is 0 Å². The highest BCUT2D eigenvalue weighted by molar-refractivity contribution is 5.91. The van der Waals surface area contributed by atoms with Crippen molar-refractivity contribution in [1.29, 1.82) is 0 Å². The Morgan fingerprint density at radius 1 is 1.18 bits per heavy atom. The summed E-state index contributed by atoms with van der Waals surface area (Å²) in [6.07, 6.45) is 15.7. The molecule has 3 fully saturated rings. The largest absolute Gasteiger partial charge is 0.377 e. The molecule has 0 aromatic carbocycles. The van der Waals surface area contributed by atoms with Gasteiger partial charge in [-0.1, -0.05) is 18.4 Å². The van der Waals surface area contributed by atoms with Gasteiger partial charge in [0.25, 0.3) is 0 Å². The van der Waals surface area contributed by atoms with E-state index in [9.17, 15) is 9.90 Å². The number of fused-ring (bicyclic) bond motifs is 5. The van der Waals surface area contributed by atoms with E-state index in [-0.39, 0.29) is 5.41 Å². The number of allylic oxidation sites excluding steroid dienone is 1. The molecule has 0 heterocycles. The zero-order valence-electron chi connectivity index (χ0n) is 13.5. The van der Waals surface area contributed by atoms with Gasteiger partial charge in [0.05, 0.1) is 0 Å². The molecule has 2 heteroatoms. The minimum Gasteiger partial charge on any atom is -0.377 e. The van der Waals surface area contributed by atoms with Crippen LogP contribution in [0.15, 0.2) is 11.6 Å². The number of rotatable bonds is 0. The lowest BCUT2D eigenvalue weighted by Gasteiger charge is -2.54. The molecule has 0 unspecified atom stereocenters. The maximum atomic E-state index is 11.7. The number of ketones is 1. The normalized spacial score (nSPS) is 50.4. The molecule has 118 valence electrons. The Morgan fingerprint density at radius 2 is 2.00 bits per heavy atom. The monoisotopic (exact) mass is 298 g/mol. The average Bonchev–Trinajstić information content (AvgIpc) is 2.79. The van der Waals surface area contributed by atoms with Gasteiger partial charge >= 0.3 is 0 Å². The predicted molar refractivity (Wildman–Crippen MR) is 85.9 cm³/mol. The third-order valence-electron chi connectivity index (χ3n) is 7.69. The first-order chi connectivity index (χ1) is 10.5. The van der Waals surface area contributed by atoms with Gasteiger partial charge in [0.2, 0.25) is 0 Å². The van der Waals surface area contributed by atoms with Gasteiger partial charge in [0.15, 0.2) is 5.78 Å². The Balaban J connectivity index is 1.65. The molecule has 1 N–H and O–H groups in total. The van der Waals surface area contributed by atoms with Gasteiger partial charge < -0.3 is 5.11 Å². The van der Waals surface area contributed by atoms with E-state index in [0.29, 0.717) is 29.5 Å². The van der Waals surface area contributed by atoms with E-state index in [4.69, 9.17) is 6.42 Å². The number of hydrogen-bond donors (Lipinski definition) is 1. The lowest BCUT2D eigenvalue weighted by molar-refractivity contribution is -0.116. The van der Waals surface area contributed by atoms with Crippen LogP contribution in [0.3, 0.4) is 0 Å². The highest BCUT2D eigenvalue weighted by Crippen LogP contribution is 2.64. The smallest absolute Gasteiger partial charge is 0.155 e. The van der Waals surface area contributed by atoms with Crippen LogP contribution in [-0.4, -0.2) is 16.5 Å². The van der Waals surface area contributed by atoms with Gasteiger partial charge in [-0.25, -0.2) is 0 Å². The van der Waals surface area contributed by atoms with Gasteiger partial charge in [0, 0.05) is 11.8 Å². The lowest BCUT2D eigenvalue weighted by Crippen LogP contribution is -2.52. The van der Waals surface area contributed by atoms with Crippen LogP contribution in [0.4, 0.5) is 0 Å². The summed E-state index contributed by atoms with van der Waals surface area (Å²) in [4.78, 5) is 11.7. The maximum Gasteiger partial charge on any atom is 0.155 e. The maximum absolute atomic E-state index is 11.7. The highest BCUT2D eigenvalue weighted by Gasteiger charge is 2.61. The number of hydrogen-bond acceptors (Lipinski definition) is 2. The Morgan fingerprint density at radius 3 is 2.77 bits per heavy atom. The average molecular weight is 298 g/mol. The molecule has 0 aliphatic heterocycles. The minimum atomic E-state index is -0.902. The molecule has 0 radical (unpaired) electrons. The highest BCUT2D eigenvalue weighted by atomic mass is 16.3. The summed E-state index contributed by atoms with van der Waals surface area (Å²) in [6.45, 7) is 2.23. The zero-order chi connectivity index (χ0) is 15.5. The molecule has 4 aliphatic rings. The molecule has 3 saturated carbocycles. The van der Waals surface area contributed by atoms with Crippen molar-refractivity contribution in [2.24, 2.45) is 29.1 Å². The summed E-state index contributed by atoms with van der Waals surface area (Å²) >= 11 is 0. The fourth-order valence-electron chi connectivity index (χ4n) is 6.43. The summed E-state index contributed by atoms with van der Waals surface area (Å²) in [6, 6.07) is 0. The zero-order valence-corrected chi connectivity index (χ0v) is 13.5. The van der Waals surface area contributed by atoms with E-state index in [0.717, 1.165) is 44.9 Å². The number of terminal acetylenes is 1. The van der Waals surface area contributed by atoms with Crippen LogP contribution in [0, 0.1) is 41.4 Å². The van der Waals surface area contributed by atoms with Crippen molar-refractivity contribution in [2.45, 2.75) is 63.9 Å². The Bertz CT molecular complexity index is 583. The van der Waals surface area contributed by atoms with Crippen LogP contribution >= 0.6 is 0 Å². The van der Waals surface area contributed by atoms with Crippen molar-refractivity contribution >= 4 is 5.78 Å². The summed E-state index contributed by atoms with van der Waals surface area (Å²) < 4.78 is 0. The van der Waals surface area contributed by atoms with Gasteiger partial charge in [0.1, 0.15) is 5.60 Å². The van der Waals surface area contributed by atoms with Crippen LogP contribution in [0.25, 0.3) is 0 Å². The molecule has 0 spiro atoms. The molecule has 0 bridgehead atoms. The summed E-state index contributed by atoms with van der Waals surface area (Å²) in [5.74, 6) is 5.66. The first-order valence-electron chi connectivity index (χ1n) is 8.92. The van der Waals surface area contributed by atoms with Crippen molar-refractivity contribution in [3.63, 3.8) is 0 Å². The van der Waals surface area contributed by atoms with Gasteiger partial charge in [-0.2, -0.15) is 0 Å². The van der Waals surface area contributed by atoms with Crippen LogP contribution < -0.4 is 0 Å². The molecule has 6 atom stereocenters. The molecule has 4 aliphatic carbocycles. The second-order valence-electron chi connectivity index (χ2n) is 8.30. The number of carbonyl (C=O) groups is 1. The van der Waals surface area contributed by atoms with Crippen molar-refractivity contribution in [3.05, 3.63) is 11.6 Å². The quantitative estimate of drug-likeness (QED) is 0.695. The fraction of sp³-hybridized carbons (Fsp3) is 0.750. The van der Waals surface area contributed by atoms with Gasteiger partial charge in [-0.05, 0) is 74.7 Å². The first kappa shape index (κ1) is 14.5. The van der Waals surface area contributed by atoms with Crippen LogP contribution in [0.2, 0.25) is 0 Å². The van der Waals surface area contributed by atoms with Crippen LogP contribution in [-0.2, 0) is 4.79 Å². The van der Waals surface area contributed by atoms with Gasteiger partial charge in [-0.3, -0.25) is 4.79 Å². The molecule has 4 rings (SSSR count). The summed E-state index contributed by atoms with van der Waals surface area (Å²) in [5.41, 5.74) is 0.418. The molecule has 2 nitrogen and oxygen atoms in total. The standard InChI is InChI=1S/C20H26O2/c1-3-20(22)11-9-18-17-6-4-13-12-14(21)5-7-15(13)16(17)8-10-19(18,20)2/h1,12,15-18,22H,4-11H2,2H3/t15-,16+,17-,18+,19+,20+/m1/s1. The molecule has 0 saturated heterocycles. The van der Waals surface area contributed by atoms with Crippen molar-refractivity contribution in [3.8, 4) is 12.3 Å². The van der Waals surface area contributed by atoms with E-state index in [1.807, 2.05) is 6.08 Å². The fourth-order valence-corrected chi connectivity index (χ4v) is 6.43. The van der Waals surface area contributed by atoms with Crippen molar-refractivity contribution in [1.82, 2.24) is 0 Å². The third kappa shape index (κ3) is 1.75.